The summed E-state index contributed by atoms with van der Waals surface area (Å²) in [5.74, 6) is 0.952. The Morgan fingerprint density at radius 3 is 2.87 bits per heavy atom. The summed E-state index contributed by atoms with van der Waals surface area (Å²) in [6.07, 6.45) is 7.26. The van der Waals surface area contributed by atoms with Gasteiger partial charge in [0.15, 0.2) is 5.65 Å². The molecule has 3 aromatic heterocycles. The van der Waals surface area contributed by atoms with E-state index < -0.39 is 0 Å². The van der Waals surface area contributed by atoms with Crippen molar-refractivity contribution in [2.75, 3.05) is 0 Å². The van der Waals surface area contributed by atoms with Crippen LogP contribution in [0.4, 0.5) is 0 Å². The van der Waals surface area contributed by atoms with E-state index in [9.17, 15) is 5.26 Å². The van der Waals surface area contributed by atoms with Crippen molar-refractivity contribution >= 4 is 16.7 Å². The van der Waals surface area contributed by atoms with E-state index in [4.69, 9.17) is 4.98 Å². The van der Waals surface area contributed by atoms with E-state index in [0.29, 0.717) is 11.2 Å². The summed E-state index contributed by atoms with van der Waals surface area (Å²) in [5, 5.41) is 9.67. The number of hydrogen-bond acceptors (Lipinski definition) is 3. The molecule has 3 heterocycles. The molecule has 23 heavy (non-hydrogen) atoms. The Bertz CT molecular complexity index is 1030. The summed E-state index contributed by atoms with van der Waals surface area (Å²) in [6.45, 7) is 2.12. The van der Waals surface area contributed by atoms with Crippen LogP contribution in [0.25, 0.3) is 22.5 Å². The lowest BCUT2D eigenvalue weighted by atomic mass is 10.1. The van der Waals surface area contributed by atoms with Crippen LogP contribution in [-0.4, -0.2) is 18.9 Å². The van der Waals surface area contributed by atoms with Crippen LogP contribution in [0.5, 0.6) is 0 Å². The molecule has 4 aromatic rings. The minimum Gasteiger partial charge on any atom is -0.292 e. The van der Waals surface area contributed by atoms with Crippen LogP contribution in [0.15, 0.2) is 49.1 Å². The van der Waals surface area contributed by atoms with Crippen LogP contribution < -0.4 is 0 Å². The molecule has 1 aromatic carbocycles. The van der Waals surface area contributed by atoms with Gasteiger partial charge < -0.3 is 0 Å². The highest BCUT2D eigenvalue weighted by atomic mass is 15.2. The highest BCUT2D eigenvalue weighted by molar-refractivity contribution is 5.84. The maximum Gasteiger partial charge on any atom is 0.157 e. The van der Waals surface area contributed by atoms with Crippen molar-refractivity contribution in [3.05, 3.63) is 60.2 Å². The molecule has 0 fully saturated rings. The third-order valence-corrected chi connectivity index (χ3v) is 4.04. The first-order valence-corrected chi connectivity index (χ1v) is 7.65. The van der Waals surface area contributed by atoms with Crippen LogP contribution in [0, 0.1) is 11.3 Å². The summed E-state index contributed by atoms with van der Waals surface area (Å²) in [6, 6.07) is 12.4. The zero-order valence-electron chi connectivity index (χ0n) is 12.8. The number of pyridine rings is 1. The van der Waals surface area contributed by atoms with Crippen molar-refractivity contribution in [3.8, 4) is 11.9 Å². The van der Waals surface area contributed by atoms with Crippen LogP contribution >= 0.6 is 0 Å². The lowest BCUT2D eigenvalue weighted by Crippen LogP contribution is -2.05. The number of nitriles is 1. The number of imidazole rings is 2. The molecule has 0 aliphatic heterocycles. The Morgan fingerprint density at radius 1 is 1.26 bits per heavy atom. The molecule has 0 aliphatic carbocycles. The van der Waals surface area contributed by atoms with Gasteiger partial charge in [0, 0.05) is 12.4 Å². The fourth-order valence-electron chi connectivity index (χ4n) is 3.03. The zero-order valence-corrected chi connectivity index (χ0v) is 12.8. The summed E-state index contributed by atoms with van der Waals surface area (Å²) in [4.78, 5) is 8.86. The van der Waals surface area contributed by atoms with Crippen LogP contribution in [-0.2, 0) is 6.42 Å². The van der Waals surface area contributed by atoms with Gasteiger partial charge in [-0.1, -0.05) is 25.5 Å². The molecule has 0 amide bonds. The van der Waals surface area contributed by atoms with Crippen LogP contribution in [0.2, 0.25) is 0 Å². The van der Waals surface area contributed by atoms with Gasteiger partial charge >= 0.3 is 0 Å². The normalized spacial score (nSPS) is 11.1. The minimum atomic E-state index is 0.659. The van der Waals surface area contributed by atoms with E-state index in [-0.39, 0.29) is 0 Å². The number of para-hydroxylation sites is 2. The molecule has 0 unspecified atom stereocenters. The van der Waals surface area contributed by atoms with E-state index in [0.717, 1.165) is 35.3 Å². The average molecular weight is 301 g/mol. The van der Waals surface area contributed by atoms with Gasteiger partial charge in [-0.3, -0.25) is 8.97 Å². The molecule has 0 aliphatic rings. The number of hydrogen-bond donors (Lipinski definition) is 0. The Labute approximate surface area is 133 Å². The fraction of sp³-hybridized carbons (Fsp3) is 0.167. The SMILES string of the molecule is CCCc1cc(-n2ccnc2)n2c(nc3ccccc32)c1C#N. The van der Waals surface area contributed by atoms with Crippen molar-refractivity contribution in [1.82, 2.24) is 18.9 Å². The second-order valence-corrected chi connectivity index (χ2v) is 5.49. The lowest BCUT2D eigenvalue weighted by molar-refractivity contribution is 0.897. The number of aromatic nitrogens is 4. The van der Waals surface area contributed by atoms with Gasteiger partial charge in [-0.2, -0.15) is 5.26 Å². The predicted octanol–water partition coefficient (Wildman–Crippen LogP) is 3.50. The van der Waals surface area contributed by atoms with E-state index in [1.165, 1.54) is 0 Å². The van der Waals surface area contributed by atoms with Gasteiger partial charge in [0.2, 0.25) is 0 Å². The summed E-state index contributed by atoms with van der Waals surface area (Å²) in [7, 11) is 0. The topological polar surface area (TPSA) is 58.9 Å². The lowest BCUT2D eigenvalue weighted by Gasteiger charge is -2.12. The van der Waals surface area contributed by atoms with Gasteiger partial charge in [-0.25, -0.2) is 9.97 Å². The average Bonchev–Trinajstić information content (AvgIpc) is 3.22. The van der Waals surface area contributed by atoms with Gasteiger partial charge in [0.1, 0.15) is 18.2 Å². The molecule has 112 valence electrons. The van der Waals surface area contributed by atoms with E-state index in [2.05, 4.69) is 24.0 Å². The summed E-state index contributed by atoms with van der Waals surface area (Å²) < 4.78 is 4.00. The smallest absolute Gasteiger partial charge is 0.157 e. The Kier molecular flexibility index (Phi) is 3.09. The standard InChI is InChI=1S/C18H15N5/c1-2-5-13-10-17(22-9-8-20-12-22)23-16-7-4-3-6-15(16)21-18(23)14(13)11-19/h3-4,6-10,12H,2,5H2,1H3. The summed E-state index contributed by atoms with van der Waals surface area (Å²) in [5.41, 5.74) is 4.28. The largest absolute Gasteiger partial charge is 0.292 e. The molecule has 0 spiro atoms. The monoisotopic (exact) mass is 301 g/mol. The van der Waals surface area contributed by atoms with Crippen LogP contribution in [0.3, 0.4) is 0 Å². The van der Waals surface area contributed by atoms with Crippen molar-refractivity contribution in [3.63, 3.8) is 0 Å². The predicted molar refractivity (Wildman–Crippen MR) is 88.5 cm³/mol. The van der Waals surface area contributed by atoms with Crippen molar-refractivity contribution in [2.45, 2.75) is 19.8 Å². The molecule has 0 bridgehead atoms. The molecule has 0 atom stereocenters. The molecule has 5 nitrogen and oxygen atoms in total. The second kappa shape index (κ2) is 5.25. The van der Waals surface area contributed by atoms with E-state index in [1.807, 2.05) is 39.4 Å². The Morgan fingerprint density at radius 2 is 2.13 bits per heavy atom. The molecule has 0 saturated heterocycles. The number of benzene rings is 1. The molecule has 0 N–H and O–H groups in total. The first-order valence-electron chi connectivity index (χ1n) is 7.65. The Balaban J connectivity index is 2.20. The summed E-state index contributed by atoms with van der Waals surface area (Å²) >= 11 is 0. The molecular formula is C18H15N5. The van der Waals surface area contributed by atoms with Crippen molar-refractivity contribution in [2.24, 2.45) is 0 Å². The number of rotatable bonds is 3. The van der Waals surface area contributed by atoms with Crippen molar-refractivity contribution in [1.29, 1.82) is 5.26 Å². The number of fused-ring (bicyclic) bond motifs is 3. The third-order valence-electron chi connectivity index (χ3n) is 4.04. The molecule has 5 heteroatoms. The van der Waals surface area contributed by atoms with Crippen molar-refractivity contribution < 1.29 is 0 Å². The zero-order chi connectivity index (χ0) is 15.8. The second-order valence-electron chi connectivity index (χ2n) is 5.49. The van der Waals surface area contributed by atoms with E-state index >= 15 is 0 Å². The van der Waals surface area contributed by atoms with Crippen LogP contribution in [0.1, 0.15) is 24.5 Å². The third kappa shape index (κ3) is 2.00. The molecule has 4 rings (SSSR count). The number of aryl methyl sites for hydroxylation is 1. The molecule has 0 radical (unpaired) electrons. The van der Waals surface area contributed by atoms with Gasteiger partial charge in [-0.05, 0) is 30.2 Å². The van der Waals surface area contributed by atoms with Gasteiger partial charge in [-0.15, -0.1) is 0 Å². The first-order chi connectivity index (χ1) is 11.3. The quantitative estimate of drug-likeness (QED) is 0.582. The van der Waals surface area contributed by atoms with Gasteiger partial charge in [0.25, 0.3) is 0 Å². The highest BCUT2D eigenvalue weighted by Crippen LogP contribution is 2.26. The fourth-order valence-corrected chi connectivity index (χ4v) is 3.03. The molecular weight excluding hydrogens is 286 g/mol. The number of nitrogens with zero attached hydrogens (tertiary/aromatic N) is 5. The highest BCUT2D eigenvalue weighted by Gasteiger charge is 2.17. The van der Waals surface area contributed by atoms with Gasteiger partial charge in [0.05, 0.1) is 16.6 Å². The Hall–Kier alpha value is -3.13. The van der Waals surface area contributed by atoms with E-state index in [1.54, 1.807) is 12.5 Å². The maximum atomic E-state index is 9.67. The minimum absolute atomic E-state index is 0.659. The molecule has 0 saturated carbocycles. The first kappa shape index (κ1) is 13.5. The maximum absolute atomic E-state index is 9.67.